The predicted molar refractivity (Wildman–Crippen MR) is 144 cm³/mol. The number of aromatic nitrogens is 1. The van der Waals surface area contributed by atoms with Gasteiger partial charge in [0.1, 0.15) is 5.76 Å². The molecule has 9 heteroatoms. The Hall–Kier alpha value is -3.06. The number of benzene rings is 1. The molecule has 2 N–H and O–H groups in total. The van der Waals surface area contributed by atoms with Gasteiger partial charge in [-0.15, -0.1) is 0 Å². The fourth-order valence-corrected chi connectivity index (χ4v) is 5.24. The van der Waals surface area contributed by atoms with Crippen molar-refractivity contribution < 1.29 is 18.0 Å². The molecule has 1 aliphatic rings. The first-order valence-corrected chi connectivity index (χ1v) is 13.9. The van der Waals surface area contributed by atoms with E-state index in [1.807, 2.05) is 37.3 Å². The zero-order chi connectivity index (χ0) is 26.5. The number of rotatable bonds is 12. The molecule has 2 heterocycles. The molecule has 37 heavy (non-hydrogen) atoms. The van der Waals surface area contributed by atoms with Crippen molar-refractivity contribution in [2.24, 2.45) is 5.92 Å². The highest BCUT2D eigenvalue weighted by atomic mass is 32.2. The lowest BCUT2D eigenvalue weighted by atomic mass is 9.97. The number of carbonyl (C=O) groups excluding carboxylic acids is 1. The van der Waals surface area contributed by atoms with Gasteiger partial charge >= 0.3 is 0 Å². The lowest BCUT2D eigenvalue weighted by molar-refractivity contribution is 0.0964. The van der Waals surface area contributed by atoms with Crippen molar-refractivity contribution in [2.45, 2.75) is 64.8 Å². The number of nitrogens with zero attached hydrogens (tertiary/aromatic N) is 3. The van der Waals surface area contributed by atoms with Gasteiger partial charge in [-0.05, 0) is 56.1 Å². The van der Waals surface area contributed by atoms with Crippen LogP contribution in [0, 0.1) is 24.2 Å². The SMILES string of the molecule is CCC(CC#N)CCCN(Cc1nc2oc(-c3ccc(C)cc3)c(C(=O)NC)c2cc1C1CC1)S(=O)O. The van der Waals surface area contributed by atoms with Gasteiger partial charge in [0, 0.05) is 25.6 Å². The van der Waals surface area contributed by atoms with Crippen molar-refractivity contribution in [2.75, 3.05) is 13.6 Å². The second kappa shape index (κ2) is 12.0. The summed E-state index contributed by atoms with van der Waals surface area (Å²) in [6.07, 6.45) is 4.99. The summed E-state index contributed by atoms with van der Waals surface area (Å²) in [7, 11) is 1.60. The molecule has 1 fully saturated rings. The minimum atomic E-state index is -2.17. The van der Waals surface area contributed by atoms with Crippen LogP contribution < -0.4 is 5.32 Å². The van der Waals surface area contributed by atoms with Crippen molar-refractivity contribution in [3.8, 4) is 17.4 Å². The highest BCUT2D eigenvalue weighted by Crippen LogP contribution is 2.44. The number of nitrogens with one attached hydrogen (secondary N) is 1. The van der Waals surface area contributed by atoms with Gasteiger partial charge in [-0.3, -0.25) is 9.35 Å². The van der Waals surface area contributed by atoms with E-state index in [0.29, 0.717) is 59.3 Å². The quantitative estimate of drug-likeness (QED) is 0.295. The fraction of sp³-hybridized carbons (Fsp3) is 0.464. The summed E-state index contributed by atoms with van der Waals surface area (Å²) in [5.74, 6) is 0.830. The molecule has 196 valence electrons. The maximum atomic E-state index is 12.9. The standard InChI is InChI=1S/C28H34N4O4S/c1-4-19(13-14-29)6-5-15-32(37(34)35)17-24-22(20-11-12-20)16-23-25(27(33)30-3)26(36-28(23)31-24)21-9-7-18(2)8-10-21/h7-10,16,19-20H,4-6,11-13,15,17H2,1-3H3,(H,30,33)(H,34,35). The minimum absolute atomic E-state index is 0.204. The smallest absolute Gasteiger partial charge is 0.255 e. The Morgan fingerprint density at radius 1 is 1.35 bits per heavy atom. The first-order valence-electron chi connectivity index (χ1n) is 12.8. The maximum Gasteiger partial charge on any atom is 0.255 e. The van der Waals surface area contributed by atoms with Crippen LogP contribution in [0.4, 0.5) is 0 Å². The number of pyridine rings is 1. The fourth-order valence-electron chi connectivity index (χ4n) is 4.72. The molecule has 2 atom stereocenters. The molecular weight excluding hydrogens is 488 g/mol. The molecular formula is C28H34N4O4S. The van der Waals surface area contributed by atoms with E-state index >= 15 is 0 Å². The summed E-state index contributed by atoms with van der Waals surface area (Å²) in [5, 5.41) is 12.4. The van der Waals surface area contributed by atoms with Crippen LogP contribution in [0.2, 0.25) is 0 Å². The molecule has 0 aliphatic heterocycles. The van der Waals surface area contributed by atoms with Gasteiger partial charge in [-0.25, -0.2) is 9.19 Å². The average Bonchev–Trinajstić information content (AvgIpc) is 3.67. The van der Waals surface area contributed by atoms with Crippen molar-refractivity contribution >= 4 is 28.3 Å². The van der Waals surface area contributed by atoms with E-state index in [1.54, 1.807) is 7.05 Å². The maximum absolute atomic E-state index is 12.9. The van der Waals surface area contributed by atoms with E-state index in [1.165, 1.54) is 4.31 Å². The summed E-state index contributed by atoms with van der Waals surface area (Å²) in [6, 6.07) is 12.0. The van der Waals surface area contributed by atoms with E-state index in [0.717, 1.165) is 42.4 Å². The normalized spacial score (nSPS) is 15.0. The molecule has 4 rings (SSSR count). The van der Waals surface area contributed by atoms with Gasteiger partial charge < -0.3 is 9.73 Å². The molecule has 1 amide bonds. The number of aryl methyl sites for hydroxylation is 1. The summed E-state index contributed by atoms with van der Waals surface area (Å²) in [5.41, 5.74) is 4.39. The van der Waals surface area contributed by atoms with Gasteiger partial charge in [0.2, 0.25) is 17.0 Å². The number of furan rings is 1. The van der Waals surface area contributed by atoms with E-state index < -0.39 is 11.3 Å². The van der Waals surface area contributed by atoms with Crippen LogP contribution >= 0.6 is 0 Å². The highest BCUT2D eigenvalue weighted by molar-refractivity contribution is 7.76. The van der Waals surface area contributed by atoms with Crippen LogP contribution in [0.15, 0.2) is 34.7 Å². The third-order valence-corrected chi connectivity index (χ3v) is 7.86. The molecule has 0 saturated heterocycles. The zero-order valence-electron chi connectivity index (χ0n) is 21.6. The monoisotopic (exact) mass is 522 g/mol. The number of amides is 1. The Balaban J connectivity index is 1.69. The van der Waals surface area contributed by atoms with Gasteiger partial charge in [-0.1, -0.05) is 43.2 Å². The van der Waals surface area contributed by atoms with E-state index in [-0.39, 0.29) is 12.5 Å². The molecule has 2 aromatic heterocycles. The zero-order valence-corrected chi connectivity index (χ0v) is 22.4. The van der Waals surface area contributed by atoms with Gasteiger partial charge in [-0.2, -0.15) is 9.57 Å². The van der Waals surface area contributed by atoms with Crippen LogP contribution in [0.25, 0.3) is 22.4 Å². The Morgan fingerprint density at radius 3 is 2.68 bits per heavy atom. The minimum Gasteiger partial charge on any atom is -0.437 e. The molecule has 1 aliphatic carbocycles. The molecule has 0 radical (unpaired) electrons. The Labute approximate surface area is 220 Å². The topological polar surface area (TPSA) is 119 Å². The molecule has 8 nitrogen and oxygen atoms in total. The van der Waals surface area contributed by atoms with Crippen molar-refractivity contribution in [1.82, 2.24) is 14.6 Å². The van der Waals surface area contributed by atoms with Crippen LogP contribution in [0.1, 0.15) is 78.5 Å². The van der Waals surface area contributed by atoms with Crippen molar-refractivity contribution in [1.29, 1.82) is 5.26 Å². The number of nitriles is 1. The van der Waals surface area contributed by atoms with Gasteiger partial charge in [0.05, 0.1) is 29.3 Å². The number of hydrogen-bond acceptors (Lipinski definition) is 5. The van der Waals surface area contributed by atoms with E-state index in [9.17, 15) is 13.6 Å². The number of fused-ring (bicyclic) bond motifs is 1. The summed E-state index contributed by atoms with van der Waals surface area (Å²) in [6.45, 7) is 4.69. The Kier molecular flexibility index (Phi) is 8.75. The first kappa shape index (κ1) is 27.0. The lowest BCUT2D eigenvalue weighted by Gasteiger charge is -2.20. The number of hydrogen-bond donors (Lipinski definition) is 2. The third kappa shape index (κ3) is 6.27. The molecule has 0 spiro atoms. The van der Waals surface area contributed by atoms with Gasteiger partial charge in [0.15, 0.2) is 0 Å². The first-order chi connectivity index (χ1) is 17.9. The molecule has 1 saturated carbocycles. The average molecular weight is 523 g/mol. The summed E-state index contributed by atoms with van der Waals surface area (Å²) >= 11 is -2.17. The van der Waals surface area contributed by atoms with Gasteiger partial charge in [0.25, 0.3) is 5.91 Å². The Bertz CT molecular complexity index is 1320. The second-order valence-corrected chi connectivity index (χ2v) is 10.8. The van der Waals surface area contributed by atoms with E-state index in [4.69, 9.17) is 14.7 Å². The van der Waals surface area contributed by atoms with Crippen LogP contribution in [0.5, 0.6) is 0 Å². The van der Waals surface area contributed by atoms with E-state index in [2.05, 4.69) is 18.3 Å². The highest BCUT2D eigenvalue weighted by Gasteiger charge is 2.31. The predicted octanol–water partition coefficient (Wildman–Crippen LogP) is 5.70. The molecule has 0 bridgehead atoms. The van der Waals surface area contributed by atoms with Crippen molar-refractivity contribution in [3.05, 3.63) is 52.7 Å². The lowest BCUT2D eigenvalue weighted by Crippen LogP contribution is -2.27. The molecule has 2 unspecified atom stereocenters. The third-order valence-electron chi connectivity index (χ3n) is 7.10. The number of carbonyl (C=O) groups is 1. The van der Waals surface area contributed by atoms with Crippen LogP contribution in [-0.2, 0) is 17.8 Å². The largest absolute Gasteiger partial charge is 0.437 e. The van der Waals surface area contributed by atoms with Crippen LogP contribution in [0.3, 0.4) is 0 Å². The Morgan fingerprint density at radius 2 is 2.08 bits per heavy atom. The summed E-state index contributed by atoms with van der Waals surface area (Å²) in [4.78, 5) is 17.8. The molecule has 1 aromatic carbocycles. The summed E-state index contributed by atoms with van der Waals surface area (Å²) < 4.78 is 29.9. The molecule has 3 aromatic rings. The second-order valence-electron chi connectivity index (χ2n) is 9.78. The van der Waals surface area contributed by atoms with Crippen molar-refractivity contribution in [3.63, 3.8) is 0 Å². The van der Waals surface area contributed by atoms with Crippen LogP contribution in [-0.4, -0.2) is 37.6 Å².